The third-order valence-electron chi connectivity index (χ3n) is 1.25. The lowest BCUT2D eigenvalue weighted by atomic mass is 10.3. The first kappa shape index (κ1) is 11.1. The SMILES string of the molecule is Fc1nc(C(F)(F)F)c(F)c(F)c1Cl. The van der Waals surface area contributed by atoms with E-state index < -0.39 is 34.5 Å². The summed E-state index contributed by atoms with van der Waals surface area (Å²) in [6.45, 7) is 0. The van der Waals surface area contributed by atoms with E-state index in [2.05, 4.69) is 4.98 Å². The Labute approximate surface area is 78.3 Å². The van der Waals surface area contributed by atoms with Gasteiger partial charge in [-0.1, -0.05) is 11.6 Å². The van der Waals surface area contributed by atoms with Crippen molar-refractivity contribution in [2.24, 2.45) is 0 Å². The van der Waals surface area contributed by atoms with Crippen molar-refractivity contribution >= 4 is 11.6 Å². The largest absolute Gasteiger partial charge is 0.436 e. The fraction of sp³-hybridized carbons (Fsp3) is 0.167. The normalized spacial score (nSPS) is 11.9. The van der Waals surface area contributed by atoms with E-state index in [1.807, 2.05) is 0 Å². The van der Waals surface area contributed by atoms with E-state index >= 15 is 0 Å². The highest BCUT2D eigenvalue weighted by Gasteiger charge is 2.39. The first-order valence-electron chi connectivity index (χ1n) is 3.02. The van der Waals surface area contributed by atoms with E-state index in [9.17, 15) is 26.3 Å². The maximum Gasteiger partial charge on any atom is 0.436 e. The average Bonchev–Trinajstić information content (AvgIpc) is 2.06. The van der Waals surface area contributed by atoms with Crippen LogP contribution in [0.25, 0.3) is 0 Å². The Balaban J connectivity index is 3.49. The molecule has 0 fully saturated rings. The van der Waals surface area contributed by atoms with Crippen molar-refractivity contribution in [3.8, 4) is 0 Å². The maximum atomic E-state index is 12.5. The number of rotatable bonds is 0. The Morgan fingerprint density at radius 3 is 1.93 bits per heavy atom. The zero-order valence-corrected chi connectivity index (χ0v) is 6.85. The Hall–Kier alpha value is -0.980. The van der Waals surface area contributed by atoms with Crippen molar-refractivity contribution in [2.45, 2.75) is 6.18 Å². The summed E-state index contributed by atoms with van der Waals surface area (Å²) in [5, 5.41) is -1.41. The van der Waals surface area contributed by atoms with E-state index in [0.717, 1.165) is 0 Å². The molecule has 0 N–H and O–H groups in total. The van der Waals surface area contributed by atoms with Crippen molar-refractivity contribution in [2.75, 3.05) is 0 Å². The van der Waals surface area contributed by atoms with Gasteiger partial charge in [0.25, 0.3) is 0 Å². The molecule has 1 aromatic rings. The van der Waals surface area contributed by atoms with E-state index in [0.29, 0.717) is 0 Å². The van der Waals surface area contributed by atoms with Crippen LogP contribution in [0.3, 0.4) is 0 Å². The molecule has 0 aliphatic rings. The van der Waals surface area contributed by atoms with Crippen LogP contribution in [0.2, 0.25) is 5.02 Å². The van der Waals surface area contributed by atoms with Crippen LogP contribution in [-0.2, 0) is 6.18 Å². The zero-order chi connectivity index (χ0) is 11.1. The van der Waals surface area contributed by atoms with Gasteiger partial charge in [-0.05, 0) is 0 Å². The Kier molecular flexibility index (Phi) is 2.62. The summed E-state index contributed by atoms with van der Waals surface area (Å²) in [5.41, 5.74) is -2.27. The summed E-state index contributed by atoms with van der Waals surface area (Å²) >= 11 is 4.79. The highest BCUT2D eigenvalue weighted by Crippen LogP contribution is 2.33. The average molecular weight is 236 g/mol. The quantitative estimate of drug-likeness (QED) is 0.497. The van der Waals surface area contributed by atoms with Crippen molar-refractivity contribution < 1.29 is 26.3 Å². The number of pyridine rings is 1. The van der Waals surface area contributed by atoms with Crippen molar-refractivity contribution in [1.29, 1.82) is 0 Å². The molecule has 0 radical (unpaired) electrons. The van der Waals surface area contributed by atoms with Gasteiger partial charge in [-0.15, -0.1) is 0 Å². The lowest BCUT2D eigenvalue weighted by Crippen LogP contribution is -2.14. The molecule has 0 unspecified atom stereocenters. The van der Waals surface area contributed by atoms with Gasteiger partial charge >= 0.3 is 6.18 Å². The lowest BCUT2D eigenvalue weighted by molar-refractivity contribution is -0.144. The van der Waals surface area contributed by atoms with Gasteiger partial charge in [-0.3, -0.25) is 0 Å². The highest BCUT2D eigenvalue weighted by molar-refractivity contribution is 6.30. The van der Waals surface area contributed by atoms with Crippen LogP contribution in [-0.4, -0.2) is 4.98 Å². The number of halogens is 7. The smallest absolute Gasteiger partial charge is 0.211 e. The molecule has 8 heteroatoms. The first-order valence-corrected chi connectivity index (χ1v) is 3.40. The third-order valence-corrected chi connectivity index (χ3v) is 1.57. The molecule has 0 bridgehead atoms. The van der Waals surface area contributed by atoms with Gasteiger partial charge in [0.15, 0.2) is 17.3 Å². The van der Waals surface area contributed by atoms with E-state index in [4.69, 9.17) is 11.6 Å². The molecule has 1 aromatic heterocycles. The molecular formula is C6ClF6N. The van der Waals surface area contributed by atoms with Crippen LogP contribution in [0.4, 0.5) is 26.3 Å². The topological polar surface area (TPSA) is 12.9 Å². The second-order valence-corrected chi connectivity index (χ2v) is 2.57. The number of aromatic nitrogens is 1. The summed E-state index contributed by atoms with van der Waals surface area (Å²) in [6.07, 6.45) is -5.27. The molecule has 0 saturated carbocycles. The number of alkyl halides is 3. The molecule has 0 atom stereocenters. The first-order chi connectivity index (χ1) is 6.25. The minimum Gasteiger partial charge on any atom is -0.211 e. The molecule has 1 heterocycles. The number of hydrogen-bond donors (Lipinski definition) is 0. The van der Waals surface area contributed by atoms with Gasteiger partial charge < -0.3 is 0 Å². The molecule has 0 aliphatic heterocycles. The van der Waals surface area contributed by atoms with E-state index in [1.54, 1.807) is 0 Å². The molecule has 0 aliphatic carbocycles. The Bertz CT molecular complexity index is 374. The van der Waals surface area contributed by atoms with Crippen LogP contribution in [0.1, 0.15) is 5.69 Å². The van der Waals surface area contributed by atoms with Gasteiger partial charge in [0.05, 0.1) is 0 Å². The fourth-order valence-electron chi connectivity index (χ4n) is 0.675. The molecule has 0 spiro atoms. The summed E-state index contributed by atoms with van der Waals surface area (Å²) < 4.78 is 73.0. The summed E-state index contributed by atoms with van der Waals surface area (Å²) in [6, 6.07) is 0. The van der Waals surface area contributed by atoms with Gasteiger partial charge in [0.2, 0.25) is 5.95 Å². The monoisotopic (exact) mass is 235 g/mol. The van der Waals surface area contributed by atoms with Gasteiger partial charge in [-0.2, -0.15) is 17.6 Å². The molecular weight excluding hydrogens is 236 g/mol. The number of hydrogen-bond acceptors (Lipinski definition) is 1. The minimum atomic E-state index is -5.27. The minimum absolute atomic E-state index is 1.41. The van der Waals surface area contributed by atoms with E-state index in [1.165, 1.54) is 0 Å². The maximum absolute atomic E-state index is 12.5. The lowest BCUT2D eigenvalue weighted by Gasteiger charge is -2.07. The van der Waals surface area contributed by atoms with Crippen LogP contribution in [0, 0.1) is 17.6 Å². The zero-order valence-electron chi connectivity index (χ0n) is 6.09. The molecule has 0 saturated heterocycles. The summed E-state index contributed by atoms with van der Waals surface area (Å²) in [4.78, 5) is 2.17. The van der Waals surface area contributed by atoms with E-state index in [-0.39, 0.29) is 0 Å². The van der Waals surface area contributed by atoms with Crippen molar-refractivity contribution in [1.82, 2.24) is 4.98 Å². The predicted octanol–water partition coefficient (Wildman–Crippen LogP) is 3.17. The predicted molar refractivity (Wildman–Crippen MR) is 34.1 cm³/mol. The second kappa shape index (κ2) is 3.30. The van der Waals surface area contributed by atoms with Crippen LogP contribution < -0.4 is 0 Å². The molecule has 1 rings (SSSR count). The number of nitrogens with zero attached hydrogens (tertiary/aromatic N) is 1. The van der Waals surface area contributed by atoms with Crippen molar-refractivity contribution in [3.05, 3.63) is 28.3 Å². The molecule has 1 nitrogen and oxygen atoms in total. The van der Waals surface area contributed by atoms with Crippen LogP contribution in [0.5, 0.6) is 0 Å². The van der Waals surface area contributed by atoms with Gasteiger partial charge in [0, 0.05) is 0 Å². The van der Waals surface area contributed by atoms with Gasteiger partial charge in [0.1, 0.15) is 5.02 Å². The summed E-state index contributed by atoms with van der Waals surface area (Å²) in [7, 11) is 0. The molecule has 78 valence electrons. The van der Waals surface area contributed by atoms with Crippen molar-refractivity contribution in [3.63, 3.8) is 0 Å². The van der Waals surface area contributed by atoms with Crippen LogP contribution in [0.15, 0.2) is 0 Å². The molecule has 0 aromatic carbocycles. The fourth-order valence-corrected chi connectivity index (χ4v) is 0.800. The molecule has 14 heavy (non-hydrogen) atoms. The second-order valence-electron chi connectivity index (χ2n) is 2.19. The third kappa shape index (κ3) is 1.77. The van der Waals surface area contributed by atoms with Gasteiger partial charge in [-0.25, -0.2) is 13.8 Å². The Morgan fingerprint density at radius 2 is 1.50 bits per heavy atom. The summed E-state index contributed by atoms with van der Waals surface area (Å²) in [5.74, 6) is -6.33. The highest BCUT2D eigenvalue weighted by atomic mass is 35.5. The van der Waals surface area contributed by atoms with Crippen LogP contribution >= 0.6 is 11.6 Å². The standard InChI is InChI=1S/C6ClF6N/c7-1-2(8)3(9)4(6(11,12)13)14-5(1)10. The molecule has 0 amide bonds. The Morgan fingerprint density at radius 1 is 1.00 bits per heavy atom.